The summed E-state index contributed by atoms with van der Waals surface area (Å²) in [5.41, 5.74) is 3.75. The molecule has 0 spiro atoms. The van der Waals surface area contributed by atoms with Crippen molar-refractivity contribution in [2.45, 2.75) is 12.3 Å². The van der Waals surface area contributed by atoms with E-state index in [0.717, 1.165) is 6.07 Å². The van der Waals surface area contributed by atoms with E-state index in [1.807, 2.05) is 0 Å². The number of aliphatic hydroxyl groups excluding tert-OH is 1. The predicted molar refractivity (Wildman–Crippen MR) is 45.4 cm³/mol. The van der Waals surface area contributed by atoms with Gasteiger partial charge in [0.1, 0.15) is 5.82 Å². The highest BCUT2D eigenvalue weighted by Gasteiger charge is 2.31. The van der Waals surface area contributed by atoms with Gasteiger partial charge in [-0.1, -0.05) is 0 Å². The number of alkyl halides is 3. The molecular formula is C9H9F4NO. The number of aliphatic hydroxyl groups is 1. The first kappa shape index (κ1) is 11.9. The first-order valence-corrected chi connectivity index (χ1v) is 4.10. The van der Waals surface area contributed by atoms with Crippen molar-refractivity contribution in [1.29, 1.82) is 0 Å². The Bertz CT molecular complexity index is 350. The Labute approximate surface area is 83.3 Å². The predicted octanol–water partition coefficient (Wildman–Crippen LogP) is 1.84. The van der Waals surface area contributed by atoms with Crippen molar-refractivity contribution in [1.82, 2.24) is 0 Å². The van der Waals surface area contributed by atoms with Crippen molar-refractivity contribution in [2.75, 3.05) is 6.54 Å². The van der Waals surface area contributed by atoms with Crippen LogP contribution in [-0.4, -0.2) is 11.7 Å². The zero-order valence-corrected chi connectivity index (χ0v) is 7.55. The van der Waals surface area contributed by atoms with Gasteiger partial charge in [0.25, 0.3) is 0 Å². The second-order valence-corrected chi connectivity index (χ2v) is 3.02. The first-order valence-electron chi connectivity index (χ1n) is 4.10. The molecule has 0 aliphatic heterocycles. The van der Waals surface area contributed by atoms with Crippen molar-refractivity contribution in [2.24, 2.45) is 5.73 Å². The van der Waals surface area contributed by atoms with Crippen LogP contribution in [0.25, 0.3) is 0 Å². The Hall–Kier alpha value is -1.14. The van der Waals surface area contributed by atoms with Gasteiger partial charge in [0.2, 0.25) is 0 Å². The molecule has 3 N–H and O–H groups in total. The van der Waals surface area contributed by atoms with Gasteiger partial charge in [-0.15, -0.1) is 0 Å². The summed E-state index contributed by atoms with van der Waals surface area (Å²) in [6.45, 7) is -0.263. The summed E-state index contributed by atoms with van der Waals surface area (Å²) in [6, 6.07) is 1.88. The topological polar surface area (TPSA) is 46.2 Å². The van der Waals surface area contributed by atoms with Crippen LogP contribution in [0.4, 0.5) is 17.6 Å². The number of nitrogens with two attached hydrogens (primary N) is 1. The number of benzene rings is 1. The van der Waals surface area contributed by atoms with E-state index in [1.54, 1.807) is 0 Å². The van der Waals surface area contributed by atoms with Crippen LogP contribution in [0.2, 0.25) is 0 Å². The van der Waals surface area contributed by atoms with E-state index in [4.69, 9.17) is 5.73 Å². The SMILES string of the molecule is NC[C@H](O)c1cc(F)cc(C(F)(F)F)c1. The molecule has 0 aromatic heterocycles. The minimum absolute atomic E-state index is 0.176. The summed E-state index contributed by atoms with van der Waals surface area (Å²) in [4.78, 5) is 0. The third kappa shape index (κ3) is 2.90. The van der Waals surface area contributed by atoms with Crippen LogP contribution in [-0.2, 0) is 6.18 Å². The fourth-order valence-electron chi connectivity index (χ4n) is 1.10. The minimum Gasteiger partial charge on any atom is -0.387 e. The maximum atomic E-state index is 12.8. The Morgan fingerprint density at radius 1 is 1.27 bits per heavy atom. The van der Waals surface area contributed by atoms with Crippen LogP contribution in [0.1, 0.15) is 17.2 Å². The largest absolute Gasteiger partial charge is 0.416 e. The Morgan fingerprint density at radius 2 is 1.87 bits per heavy atom. The van der Waals surface area contributed by atoms with Gasteiger partial charge in [-0.25, -0.2) is 4.39 Å². The van der Waals surface area contributed by atoms with Crippen LogP contribution < -0.4 is 5.73 Å². The summed E-state index contributed by atoms with van der Waals surface area (Å²) in [5.74, 6) is -1.05. The fraction of sp³-hybridized carbons (Fsp3) is 0.333. The lowest BCUT2D eigenvalue weighted by molar-refractivity contribution is -0.137. The van der Waals surface area contributed by atoms with E-state index in [-0.39, 0.29) is 12.1 Å². The van der Waals surface area contributed by atoms with E-state index < -0.39 is 23.7 Å². The molecule has 15 heavy (non-hydrogen) atoms. The molecule has 0 fully saturated rings. The molecule has 1 atom stereocenters. The molecule has 2 nitrogen and oxygen atoms in total. The Morgan fingerprint density at radius 3 is 2.33 bits per heavy atom. The normalized spacial score (nSPS) is 14.0. The molecule has 0 unspecified atom stereocenters. The van der Waals surface area contributed by atoms with Crippen LogP contribution in [0.3, 0.4) is 0 Å². The lowest BCUT2D eigenvalue weighted by atomic mass is 10.1. The zero-order chi connectivity index (χ0) is 11.6. The molecule has 6 heteroatoms. The smallest absolute Gasteiger partial charge is 0.387 e. The van der Waals surface area contributed by atoms with Gasteiger partial charge in [-0.3, -0.25) is 0 Å². The highest BCUT2D eigenvalue weighted by molar-refractivity contribution is 5.28. The molecule has 0 radical (unpaired) electrons. The quantitative estimate of drug-likeness (QED) is 0.751. The summed E-state index contributed by atoms with van der Waals surface area (Å²) < 4.78 is 49.5. The zero-order valence-electron chi connectivity index (χ0n) is 7.55. The lowest BCUT2D eigenvalue weighted by Crippen LogP contribution is -2.13. The van der Waals surface area contributed by atoms with E-state index in [1.165, 1.54) is 0 Å². The Balaban J connectivity index is 3.17. The van der Waals surface area contributed by atoms with Gasteiger partial charge in [0.05, 0.1) is 11.7 Å². The van der Waals surface area contributed by atoms with Crippen LogP contribution >= 0.6 is 0 Å². The number of hydrogen-bond donors (Lipinski definition) is 2. The van der Waals surface area contributed by atoms with Gasteiger partial charge < -0.3 is 10.8 Å². The molecule has 1 rings (SSSR count). The van der Waals surface area contributed by atoms with Crippen molar-refractivity contribution >= 4 is 0 Å². The van der Waals surface area contributed by atoms with E-state index in [2.05, 4.69) is 0 Å². The molecule has 0 saturated carbocycles. The fourth-order valence-corrected chi connectivity index (χ4v) is 1.10. The van der Waals surface area contributed by atoms with Crippen LogP contribution in [0, 0.1) is 5.82 Å². The monoisotopic (exact) mass is 223 g/mol. The maximum absolute atomic E-state index is 12.8. The molecule has 84 valence electrons. The first-order chi connectivity index (χ1) is 6.84. The van der Waals surface area contributed by atoms with Gasteiger partial charge in [-0.05, 0) is 23.8 Å². The highest BCUT2D eigenvalue weighted by Crippen LogP contribution is 2.31. The van der Waals surface area contributed by atoms with Crippen molar-refractivity contribution in [3.05, 3.63) is 35.1 Å². The van der Waals surface area contributed by atoms with Gasteiger partial charge >= 0.3 is 6.18 Å². The van der Waals surface area contributed by atoms with Crippen molar-refractivity contribution < 1.29 is 22.7 Å². The number of halogens is 4. The molecule has 0 bridgehead atoms. The summed E-state index contributed by atoms with van der Waals surface area (Å²) in [6.07, 6.45) is -5.92. The molecular weight excluding hydrogens is 214 g/mol. The molecule has 0 amide bonds. The second kappa shape index (κ2) is 4.16. The maximum Gasteiger partial charge on any atom is 0.416 e. The van der Waals surface area contributed by atoms with E-state index in [0.29, 0.717) is 12.1 Å². The Kier molecular flexibility index (Phi) is 3.31. The molecule has 1 aromatic carbocycles. The standard InChI is InChI=1S/C9H9F4NO/c10-7-2-5(8(15)4-14)1-6(3-7)9(11,12)13/h1-3,8,15H,4,14H2/t8-/m0/s1. The lowest BCUT2D eigenvalue weighted by Gasteiger charge is -2.12. The number of rotatable bonds is 2. The molecule has 0 heterocycles. The average Bonchev–Trinajstić information content (AvgIpc) is 2.14. The van der Waals surface area contributed by atoms with Gasteiger partial charge in [-0.2, -0.15) is 13.2 Å². The molecule has 1 aromatic rings. The third-order valence-corrected chi connectivity index (χ3v) is 1.86. The minimum atomic E-state index is -4.63. The average molecular weight is 223 g/mol. The van der Waals surface area contributed by atoms with Gasteiger partial charge in [0, 0.05) is 6.54 Å². The third-order valence-electron chi connectivity index (χ3n) is 1.86. The molecule has 0 aliphatic rings. The molecule has 0 aliphatic carbocycles. The van der Waals surface area contributed by atoms with Crippen LogP contribution in [0.15, 0.2) is 18.2 Å². The highest BCUT2D eigenvalue weighted by atomic mass is 19.4. The van der Waals surface area contributed by atoms with Crippen molar-refractivity contribution in [3.63, 3.8) is 0 Å². The second-order valence-electron chi connectivity index (χ2n) is 3.02. The van der Waals surface area contributed by atoms with E-state index in [9.17, 15) is 22.7 Å². The molecule has 0 saturated heterocycles. The van der Waals surface area contributed by atoms with Crippen molar-refractivity contribution in [3.8, 4) is 0 Å². The van der Waals surface area contributed by atoms with E-state index >= 15 is 0 Å². The summed E-state index contributed by atoms with van der Waals surface area (Å²) in [5, 5.41) is 9.18. The van der Waals surface area contributed by atoms with Gasteiger partial charge in [0.15, 0.2) is 0 Å². The number of hydrogen-bond acceptors (Lipinski definition) is 2. The summed E-state index contributed by atoms with van der Waals surface area (Å²) >= 11 is 0. The van der Waals surface area contributed by atoms with Crippen LogP contribution in [0.5, 0.6) is 0 Å². The summed E-state index contributed by atoms with van der Waals surface area (Å²) in [7, 11) is 0.